The molecule has 0 bridgehead atoms. The molecule has 0 spiro atoms. The highest BCUT2D eigenvalue weighted by Crippen LogP contribution is 2.56. The average Bonchev–Trinajstić information content (AvgIpc) is 4.27. The molecule has 0 fully saturated rings. The fourth-order valence-corrected chi connectivity index (χ4v) is 16.8. The molecule has 0 atom stereocenters. The maximum absolute atomic E-state index is 2.60. The van der Waals surface area contributed by atoms with Gasteiger partial charge in [0.2, 0.25) is 0 Å². The molecule has 326 valence electrons. The van der Waals surface area contributed by atoms with Gasteiger partial charge >= 0.3 is 0 Å². The summed E-state index contributed by atoms with van der Waals surface area (Å²) in [5.74, 6) is 0. The van der Waals surface area contributed by atoms with Gasteiger partial charge in [0.15, 0.2) is 0 Å². The molecule has 6 heterocycles. The van der Waals surface area contributed by atoms with E-state index >= 15 is 0 Å². The Morgan fingerprint density at radius 3 is 1.56 bits per heavy atom. The minimum absolute atomic E-state index is 0.0644. The van der Waals surface area contributed by atoms with E-state index in [9.17, 15) is 0 Å². The SMILES string of the molecule is CC1(C)c2ccccc2-c2cc3c4cccc5c6cc7c(cc6n(c3cc21)c45)C(C)(C)c1ccc(-c2cccc3c2sc2ccc4c(c5cccc6c8c9c(ccc8n4c65)sc4ccccc49)c23)cc1-7. The smallest absolute Gasteiger partial charge is 0.0620 e. The van der Waals surface area contributed by atoms with E-state index in [1.807, 2.05) is 22.7 Å². The van der Waals surface area contributed by atoms with Crippen LogP contribution >= 0.6 is 22.7 Å². The van der Waals surface area contributed by atoms with Crippen LogP contribution in [0.4, 0.5) is 0 Å². The zero-order valence-electron chi connectivity index (χ0n) is 38.9. The monoisotopic (exact) mass is 924 g/mol. The number of fused-ring (bicyclic) bond motifs is 26. The predicted octanol–water partition coefficient (Wildman–Crippen LogP) is 19.0. The van der Waals surface area contributed by atoms with Crippen LogP contribution in [0.15, 0.2) is 170 Å². The van der Waals surface area contributed by atoms with Gasteiger partial charge in [0.25, 0.3) is 0 Å². The van der Waals surface area contributed by atoms with Gasteiger partial charge in [0.1, 0.15) is 0 Å². The van der Waals surface area contributed by atoms with E-state index in [0.29, 0.717) is 0 Å². The molecule has 0 saturated carbocycles. The standard InChI is InChI=1S/C66H40N2S2/c1-65(2)47-20-7-5-12-35(47)43-29-45-36-15-10-16-37-46-30-44-42-28-33(22-23-48(42)66(3,4)50(44)32-54(46)68(62(36)37)53(45)31-49(43)65)34-14-9-19-41-61-57(70-64(34)41)27-25-52-59(61)40-18-11-17-39-58-51(67(52)63(39)40)24-26-56-60(58)38-13-6-8-21-55(38)69-56/h5-32H,1-4H3. The Hall–Kier alpha value is -7.76. The van der Waals surface area contributed by atoms with Crippen molar-refractivity contribution in [1.82, 2.24) is 8.80 Å². The first kappa shape index (κ1) is 37.2. The van der Waals surface area contributed by atoms with Gasteiger partial charge in [-0.1, -0.05) is 137 Å². The molecule has 2 aliphatic rings. The van der Waals surface area contributed by atoms with Gasteiger partial charge < -0.3 is 8.80 Å². The van der Waals surface area contributed by atoms with Gasteiger partial charge in [-0.3, -0.25) is 0 Å². The second-order valence-electron chi connectivity index (χ2n) is 21.5. The number of hydrogen-bond donors (Lipinski definition) is 0. The van der Waals surface area contributed by atoms with E-state index in [0.717, 1.165) is 0 Å². The normalized spacial score (nSPS) is 15.1. The summed E-state index contributed by atoms with van der Waals surface area (Å²) < 4.78 is 10.6. The molecule has 2 aliphatic carbocycles. The van der Waals surface area contributed by atoms with E-state index in [1.165, 1.54) is 172 Å². The van der Waals surface area contributed by atoms with Crippen LogP contribution in [-0.4, -0.2) is 8.80 Å². The van der Waals surface area contributed by atoms with Crippen LogP contribution in [0.5, 0.6) is 0 Å². The molecular formula is C66H40N2S2. The lowest BCUT2D eigenvalue weighted by Gasteiger charge is -2.22. The highest BCUT2D eigenvalue weighted by molar-refractivity contribution is 7.26. The van der Waals surface area contributed by atoms with Crippen LogP contribution < -0.4 is 0 Å². The van der Waals surface area contributed by atoms with E-state index < -0.39 is 0 Å². The van der Waals surface area contributed by atoms with Crippen LogP contribution in [0.25, 0.3) is 150 Å². The third-order valence-corrected chi connectivity index (χ3v) is 19.9. The number of hydrogen-bond acceptors (Lipinski definition) is 2. The first-order valence-corrected chi connectivity index (χ1v) is 26.3. The van der Waals surface area contributed by atoms with Crippen molar-refractivity contribution in [3.8, 4) is 33.4 Å². The Labute approximate surface area is 409 Å². The third kappa shape index (κ3) is 4.09. The summed E-state index contributed by atoms with van der Waals surface area (Å²) in [6, 6.07) is 65.9. The molecule has 0 unspecified atom stereocenters. The Morgan fingerprint density at radius 2 is 0.829 bits per heavy atom. The van der Waals surface area contributed by atoms with Crippen LogP contribution in [0.2, 0.25) is 0 Å². The number of rotatable bonds is 1. The quantitative estimate of drug-likeness (QED) is 0.155. The molecule has 0 radical (unpaired) electrons. The molecule has 16 aromatic rings. The average molecular weight is 925 g/mol. The number of thiophene rings is 2. The predicted molar refractivity (Wildman–Crippen MR) is 302 cm³/mol. The van der Waals surface area contributed by atoms with Gasteiger partial charge in [-0.05, 0) is 116 Å². The van der Waals surface area contributed by atoms with Gasteiger partial charge in [0, 0.05) is 94.3 Å². The molecule has 0 saturated heterocycles. The lowest BCUT2D eigenvalue weighted by Crippen LogP contribution is -2.15. The lowest BCUT2D eigenvalue weighted by molar-refractivity contribution is 0.661. The topological polar surface area (TPSA) is 8.82 Å². The molecule has 70 heavy (non-hydrogen) atoms. The fourth-order valence-electron chi connectivity index (χ4n) is 14.5. The van der Waals surface area contributed by atoms with Crippen LogP contribution in [0.3, 0.4) is 0 Å². The largest absolute Gasteiger partial charge is 0.308 e. The number of nitrogens with zero attached hydrogens (tertiary/aromatic N) is 2. The van der Waals surface area contributed by atoms with Gasteiger partial charge in [-0.2, -0.15) is 0 Å². The number of benzene rings is 10. The van der Waals surface area contributed by atoms with Crippen molar-refractivity contribution in [2.24, 2.45) is 0 Å². The zero-order valence-corrected chi connectivity index (χ0v) is 40.5. The Balaban J connectivity index is 0.836. The Kier molecular flexibility index (Phi) is 6.36. The van der Waals surface area contributed by atoms with Crippen LogP contribution in [0.1, 0.15) is 49.9 Å². The van der Waals surface area contributed by atoms with Crippen molar-refractivity contribution >= 4 is 139 Å². The van der Waals surface area contributed by atoms with Crippen molar-refractivity contribution in [3.63, 3.8) is 0 Å². The molecule has 4 heteroatoms. The maximum Gasteiger partial charge on any atom is 0.0620 e. The van der Waals surface area contributed by atoms with E-state index in [-0.39, 0.29) is 10.8 Å². The highest BCUT2D eigenvalue weighted by atomic mass is 32.1. The van der Waals surface area contributed by atoms with Gasteiger partial charge in [-0.15, -0.1) is 22.7 Å². The molecule has 0 N–H and O–H groups in total. The Morgan fingerprint density at radius 1 is 0.314 bits per heavy atom. The van der Waals surface area contributed by atoms with Crippen LogP contribution in [-0.2, 0) is 10.8 Å². The van der Waals surface area contributed by atoms with Crippen molar-refractivity contribution in [2.75, 3.05) is 0 Å². The highest BCUT2D eigenvalue weighted by Gasteiger charge is 2.39. The minimum atomic E-state index is -0.159. The summed E-state index contributed by atoms with van der Waals surface area (Å²) >= 11 is 3.85. The molecule has 0 amide bonds. The van der Waals surface area contributed by atoms with Gasteiger partial charge in [-0.25, -0.2) is 0 Å². The van der Waals surface area contributed by atoms with Gasteiger partial charge in [0.05, 0.1) is 33.1 Å². The maximum atomic E-state index is 2.60. The summed E-state index contributed by atoms with van der Waals surface area (Å²) in [6.45, 7) is 9.65. The second kappa shape index (κ2) is 12.0. The van der Waals surface area contributed by atoms with Crippen molar-refractivity contribution in [2.45, 2.75) is 38.5 Å². The third-order valence-electron chi connectivity index (χ3n) is 17.6. The molecule has 0 aliphatic heterocycles. The Bertz CT molecular complexity index is 5120. The summed E-state index contributed by atoms with van der Waals surface area (Å²) in [5.41, 5.74) is 21.4. The van der Waals surface area contributed by atoms with Crippen molar-refractivity contribution in [1.29, 1.82) is 0 Å². The summed E-state index contributed by atoms with van der Waals surface area (Å²) in [5, 5.41) is 16.2. The molecule has 10 aromatic carbocycles. The van der Waals surface area contributed by atoms with Crippen LogP contribution in [0, 0.1) is 0 Å². The number of aromatic nitrogens is 2. The van der Waals surface area contributed by atoms with E-state index in [4.69, 9.17) is 0 Å². The summed E-state index contributed by atoms with van der Waals surface area (Å²) in [7, 11) is 0. The fraction of sp³-hybridized carbons (Fsp3) is 0.0909. The summed E-state index contributed by atoms with van der Waals surface area (Å²) in [4.78, 5) is 0. The second-order valence-corrected chi connectivity index (χ2v) is 23.6. The molecule has 6 aromatic heterocycles. The molecule has 18 rings (SSSR count). The van der Waals surface area contributed by atoms with Crippen molar-refractivity contribution in [3.05, 3.63) is 192 Å². The first-order chi connectivity index (χ1) is 34.2. The minimum Gasteiger partial charge on any atom is -0.308 e. The number of para-hydroxylation sites is 2. The van der Waals surface area contributed by atoms with E-state index in [2.05, 4.69) is 206 Å². The lowest BCUT2D eigenvalue weighted by atomic mass is 9.82. The first-order valence-electron chi connectivity index (χ1n) is 24.7. The van der Waals surface area contributed by atoms with Crippen molar-refractivity contribution < 1.29 is 0 Å². The zero-order chi connectivity index (χ0) is 45.8. The summed E-state index contributed by atoms with van der Waals surface area (Å²) in [6.07, 6.45) is 0. The van der Waals surface area contributed by atoms with E-state index in [1.54, 1.807) is 0 Å². The molecular weight excluding hydrogens is 885 g/mol. The molecule has 2 nitrogen and oxygen atoms in total.